The van der Waals surface area contributed by atoms with Crippen LogP contribution in [0.2, 0.25) is 0 Å². The first-order chi connectivity index (χ1) is 7.04. The lowest BCUT2D eigenvalue weighted by Gasteiger charge is -2.00. The first-order valence-electron chi connectivity index (χ1n) is 4.05. The number of hydrogen-bond donors (Lipinski definition) is 0. The lowest BCUT2D eigenvalue weighted by Crippen LogP contribution is -1.87. The van der Waals surface area contributed by atoms with Crippen molar-refractivity contribution in [2.75, 3.05) is 0 Å². The fourth-order valence-corrected chi connectivity index (χ4v) is 3.70. The maximum atomic E-state index is 12.1. The summed E-state index contributed by atoms with van der Waals surface area (Å²) in [5.74, 6) is -2.53. The Balaban J connectivity index is 2.91. The summed E-state index contributed by atoms with van der Waals surface area (Å²) in [7, 11) is 0. The Kier molecular flexibility index (Phi) is 4.83. The molecule has 0 saturated carbocycles. The lowest BCUT2D eigenvalue weighted by molar-refractivity contribution is 0.252. The highest BCUT2D eigenvalue weighted by Gasteiger charge is 2.18. The van der Waals surface area contributed by atoms with Crippen LogP contribution in [0.1, 0.15) is 19.4 Å². The Morgan fingerprint density at radius 1 is 1.40 bits per heavy atom. The zero-order valence-electron chi connectivity index (χ0n) is 8.03. The summed E-state index contributed by atoms with van der Waals surface area (Å²) >= 11 is 2.91. The van der Waals surface area contributed by atoms with Crippen molar-refractivity contribution >= 4 is 35.1 Å². The van der Waals surface area contributed by atoms with Crippen molar-refractivity contribution in [3.05, 3.63) is 5.56 Å². The normalized spacial score (nSPS) is 11.0. The predicted molar refractivity (Wildman–Crippen MR) is 59.7 cm³/mol. The van der Waals surface area contributed by atoms with Gasteiger partial charge in [-0.1, -0.05) is 13.8 Å². The van der Waals surface area contributed by atoms with Crippen molar-refractivity contribution in [1.29, 1.82) is 5.26 Å². The van der Waals surface area contributed by atoms with Gasteiger partial charge in [0.2, 0.25) is 0 Å². The van der Waals surface area contributed by atoms with Crippen molar-refractivity contribution < 1.29 is 8.78 Å². The van der Waals surface area contributed by atoms with Gasteiger partial charge in [-0.3, -0.25) is 0 Å². The smallest absolute Gasteiger partial charge is 0.198 e. The maximum absolute atomic E-state index is 12.1. The quantitative estimate of drug-likeness (QED) is 0.776. The van der Waals surface area contributed by atoms with Crippen LogP contribution >= 0.6 is 35.1 Å². The summed E-state index contributed by atoms with van der Waals surface area (Å²) in [4.78, 5) is 0. The highest BCUT2D eigenvalue weighted by Crippen LogP contribution is 2.37. The standard InChI is InChI=1S/C8H8F2N2S3/c1-4(2)13-7-5(3-11)6(12-15-7)14-8(9)10/h4,8H,1-2H3. The number of thioether (sulfide) groups is 2. The number of hydrogen-bond acceptors (Lipinski definition) is 5. The molecule has 82 valence electrons. The molecule has 0 amide bonds. The van der Waals surface area contributed by atoms with Gasteiger partial charge in [0.15, 0.2) is 0 Å². The SMILES string of the molecule is CC(C)Sc1snc(SC(F)F)c1C#N. The average molecular weight is 266 g/mol. The minimum absolute atomic E-state index is 0.139. The van der Waals surface area contributed by atoms with Gasteiger partial charge >= 0.3 is 0 Å². The molecular formula is C8H8F2N2S3. The highest BCUT2D eigenvalue weighted by molar-refractivity contribution is 8.02. The van der Waals surface area contributed by atoms with E-state index in [1.54, 1.807) is 0 Å². The molecule has 0 unspecified atom stereocenters. The number of aromatic nitrogens is 1. The number of alkyl halides is 2. The van der Waals surface area contributed by atoms with Gasteiger partial charge in [-0.05, 0) is 23.3 Å². The van der Waals surface area contributed by atoms with Crippen LogP contribution in [-0.2, 0) is 0 Å². The van der Waals surface area contributed by atoms with Crippen LogP contribution in [0.3, 0.4) is 0 Å². The summed E-state index contributed by atoms with van der Waals surface area (Å²) in [5.41, 5.74) is 0.281. The monoisotopic (exact) mass is 266 g/mol. The molecule has 0 aliphatic rings. The van der Waals surface area contributed by atoms with E-state index in [1.807, 2.05) is 19.9 Å². The Morgan fingerprint density at radius 3 is 2.53 bits per heavy atom. The van der Waals surface area contributed by atoms with Gasteiger partial charge < -0.3 is 0 Å². The zero-order chi connectivity index (χ0) is 11.4. The Bertz CT molecular complexity index is 343. The van der Waals surface area contributed by atoms with Crippen LogP contribution in [0, 0.1) is 11.3 Å². The molecule has 1 aromatic heterocycles. The molecule has 0 aliphatic heterocycles. The van der Waals surface area contributed by atoms with Crippen molar-refractivity contribution in [1.82, 2.24) is 4.37 Å². The van der Waals surface area contributed by atoms with E-state index in [0.717, 1.165) is 15.7 Å². The molecule has 7 heteroatoms. The van der Waals surface area contributed by atoms with Gasteiger partial charge in [0.1, 0.15) is 16.7 Å². The third-order valence-corrected chi connectivity index (χ3v) is 4.14. The predicted octanol–water partition coefficient (Wildman–Crippen LogP) is 3.83. The molecule has 0 spiro atoms. The first-order valence-corrected chi connectivity index (χ1v) is 6.59. The molecule has 1 rings (SSSR count). The van der Waals surface area contributed by atoms with E-state index in [-0.39, 0.29) is 10.6 Å². The van der Waals surface area contributed by atoms with Crippen molar-refractivity contribution in [3.63, 3.8) is 0 Å². The number of rotatable bonds is 4. The Hall–Kier alpha value is -0.320. The third kappa shape index (κ3) is 3.63. The molecular weight excluding hydrogens is 258 g/mol. The van der Waals surface area contributed by atoms with Crippen LogP contribution in [-0.4, -0.2) is 15.4 Å². The fraction of sp³-hybridized carbons (Fsp3) is 0.500. The number of halogens is 2. The topological polar surface area (TPSA) is 36.7 Å². The molecule has 2 nitrogen and oxygen atoms in total. The van der Waals surface area contributed by atoms with Crippen LogP contribution < -0.4 is 0 Å². The largest absolute Gasteiger partial charge is 0.290 e. The van der Waals surface area contributed by atoms with Crippen LogP contribution in [0.25, 0.3) is 0 Å². The molecule has 0 atom stereocenters. The van der Waals surface area contributed by atoms with Crippen molar-refractivity contribution in [3.8, 4) is 6.07 Å². The number of nitriles is 1. The van der Waals surface area contributed by atoms with Crippen LogP contribution in [0.15, 0.2) is 9.24 Å². The van der Waals surface area contributed by atoms with Gasteiger partial charge in [-0.25, -0.2) is 0 Å². The zero-order valence-corrected chi connectivity index (χ0v) is 10.5. The third-order valence-electron chi connectivity index (χ3n) is 1.28. The Morgan fingerprint density at radius 2 is 2.07 bits per heavy atom. The molecule has 0 N–H and O–H groups in total. The van der Waals surface area contributed by atoms with E-state index >= 15 is 0 Å². The van der Waals surface area contributed by atoms with E-state index in [9.17, 15) is 8.78 Å². The van der Waals surface area contributed by atoms with E-state index in [0.29, 0.717) is 17.0 Å². The van der Waals surface area contributed by atoms with Crippen molar-refractivity contribution in [2.45, 2.75) is 34.1 Å². The summed E-state index contributed by atoms with van der Waals surface area (Å²) < 4.78 is 28.8. The summed E-state index contributed by atoms with van der Waals surface area (Å²) in [6.07, 6.45) is 0. The van der Waals surface area contributed by atoms with Crippen molar-refractivity contribution in [2.24, 2.45) is 0 Å². The van der Waals surface area contributed by atoms with Gasteiger partial charge in [0, 0.05) is 5.25 Å². The maximum Gasteiger partial charge on any atom is 0.290 e. The molecule has 0 aromatic carbocycles. The summed E-state index contributed by atoms with van der Waals surface area (Å²) in [5, 5.41) is 9.31. The minimum atomic E-state index is -2.53. The molecule has 0 bridgehead atoms. The minimum Gasteiger partial charge on any atom is -0.198 e. The van der Waals surface area contributed by atoms with Gasteiger partial charge in [-0.15, -0.1) is 11.8 Å². The number of nitrogens with zero attached hydrogens (tertiary/aromatic N) is 2. The van der Waals surface area contributed by atoms with Crippen LogP contribution in [0.4, 0.5) is 8.78 Å². The molecule has 1 aromatic rings. The molecule has 15 heavy (non-hydrogen) atoms. The van der Waals surface area contributed by atoms with E-state index < -0.39 is 5.76 Å². The van der Waals surface area contributed by atoms with Gasteiger partial charge in [0.25, 0.3) is 5.76 Å². The lowest BCUT2D eigenvalue weighted by atomic mass is 10.4. The average Bonchev–Trinajstić information content (AvgIpc) is 2.45. The second-order valence-corrected chi connectivity index (χ2v) is 6.40. The van der Waals surface area contributed by atoms with E-state index in [4.69, 9.17) is 5.26 Å². The molecule has 0 aliphatic carbocycles. The van der Waals surface area contributed by atoms with Crippen LogP contribution in [0.5, 0.6) is 0 Å². The van der Waals surface area contributed by atoms with Gasteiger partial charge in [0.05, 0.1) is 4.21 Å². The highest BCUT2D eigenvalue weighted by atomic mass is 32.2. The van der Waals surface area contributed by atoms with E-state index in [1.165, 1.54) is 11.8 Å². The van der Waals surface area contributed by atoms with E-state index in [2.05, 4.69) is 4.37 Å². The summed E-state index contributed by atoms with van der Waals surface area (Å²) in [6, 6.07) is 1.93. The molecule has 0 saturated heterocycles. The molecule has 0 radical (unpaired) electrons. The second kappa shape index (κ2) is 5.68. The molecule has 1 heterocycles. The fourth-order valence-electron chi connectivity index (χ4n) is 0.814. The Labute approximate surface area is 99.2 Å². The summed E-state index contributed by atoms with van der Waals surface area (Å²) in [6.45, 7) is 3.96. The first kappa shape index (κ1) is 12.7. The van der Waals surface area contributed by atoms with Gasteiger partial charge in [-0.2, -0.15) is 18.4 Å². The molecule has 0 fully saturated rings. The second-order valence-electron chi connectivity index (χ2n) is 2.81.